The predicted octanol–water partition coefficient (Wildman–Crippen LogP) is 2.45. The number of H-pyrrole nitrogens is 1. The molecular formula is C22H35F4N4O8P. The number of rotatable bonds is 13. The second-order valence-electron chi connectivity index (χ2n) is 8.99. The van der Waals surface area contributed by atoms with Crippen molar-refractivity contribution in [1.29, 1.82) is 0 Å². The zero-order chi connectivity index (χ0) is 30.0. The van der Waals surface area contributed by atoms with Crippen molar-refractivity contribution in [3.05, 3.63) is 33.1 Å². The molecule has 17 heteroatoms. The molecule has 1 aromatic heterocycles. The molecule has 39 heavy (non-hydrogen) atoms. The number of ether oxygens (including phenoxy) is 3. The van der Waals surface area contributed by atoms with E-state index in [0.717, 1.165) is 12.3 Å². The van der Waals surface area contributed by atoms with E-state index in [1.165, 1.54) is 6.92 Å². The third-order valence-electron chi connectivity index (χ3n) is 4.83. The molecule has 1 aromatic rings. The lowest BCUT2D eigenvalue weighted by molar-refractivity contribution is -0.180. The highest BCUT2D eigenvalue weighted by molar-refractivity contribution is 7.48. The Kier molecular flexibility index (Phi) is 13.7. The quantitative estimate of drug-likeness (QED) is 0.135. The first-order valence-electron chi connectivity index (χ1n) is 12.0. The molecule has 0 saturated carbocycles. The van der Waals surface area contributed by atoms with E-state index in [1.807, 2.05) is 0 Å². The van der Waals surface area contributed by atoms with Crippen molar-refractivity contribution < 1.29 is 45.9 Å². The Balaban J connectivity index is 0.00000113. The molecule has 224 valence electrons. The van der Waals surface area contributed by atoms with Crippen LogP contribution in [0.1, 0.15) is 54.2 Å². The summed E-state index contributed by atoms with van der Waals surface area (Å²) in [7, 11) is -1.92. The number of carbonyl (C=O) groups excluding carboxylic acids is 2. The van der Waals surface area contributed by atoms with Crippen LogP contribution in [0.2, 0.25) is 0 Å². The largest absolute Gasteiger partial charge is 0.465 e. The second kappa shape index (κ2) is 15.4. The van der Waals surface area contributed by atoms with Gasteiger partial charge in [-0.15, -0.1) is 0 Å². The molecular weight excluding hydrogens is 555 g/mol. The van der Waals surface area contributed by atoms with Crippen molar-refractivity contribution in [3.63, 3.8) is 0 Å². The molecule has 0 amide bonds. The van der Waals surface area contributed by atoms with Crippen molar-refractivity contribution in [2.45, 2.75) is 90.4 Å². The second-order valence-corrected chi connectivity index (χ2v) is 10.4. The minimum Gasteiger partial charge on any atom is -0.465 e. The molecule has 0 radical (unpaired) electrons. The summed E-state index contributed by atoms with van der Waals surface area (Å²) in [6.07, 6.45) is -6.81. The first-order valence-corrected chi connectivity index (χ1v) is 13.2. The standard InChI is InChI=1S/C18H27F4N4O6P.C4H8O2/c1-5-23-33(25-11(4)13(28)31-10(2)3)30-9-17(14(19)20)8-18(21,22)15(32-17)26-7-6-12(27)24-16(26)29;1-4(2)6-3-5/h6-7,10-11,14-15,23,25H,5,8-9H2,1-4H3,(H,24,27,29);3-4H,1-2H3. The zero-order valence-corrected chi connectivity index (χ0v) is 23.3. The lowest BCUT2D eigenvalue weighted by atomic mass is 10.00. The van der Waals surface area contributed by atoms with Gasteiger partial charge in [-0.3, -0.25) is 29.0 Å². The molecule has 1 saturated heterocycles. The molecule has 2 heterocycles. The molecule has 1 aliphatic heterocycles. The van der Waals surface area contributed by atoms with E-state index in [0.29, 0.717) is 17.6 Å². The van der Waals surface area contributed by atoms with E-state index in [1.54, 1.807) is 39.6 Å². The SMILES string of the molecule is CC(C)OC=O.CCNP(NC(C)C(=O)OC(C)C)OCC1(C(F)F)CC(F)(F)C(n2ccc(=O)[nH]c2=O)O1. The van der Waals surface area contributed by atoms with Crippen LogP contribution in [0.3, 0.4) is 0 Å². The van der Waals surface area contributed by atoms with Gasteiger partial charge >= 0.3 is 11.7 Å². The summed E-state index contributed by atoms with van der Waals surface area (Å²) in [6, 6.07) is -0.0791. The summed E-state index contributed by atoms with van der Waals surface area (Å²) in [5, 5.41) is 5.58. The highest BCUT2D eigenvalue weighted by atomic mass is 31.2. The van der Waals surface area contributed by atoms with Crippen LogP contribution in [0.15, 0.2) is 21.9 Å². The monoisotopic (exact) mass is 590 g/mol. The van der Waals surface area contributed by atoms with Crippen molar-refractivity contribution in [2.24, 2.45) is 0 Å². The number of nitrogens with zero attached hydrogens (tertiary/aromatic N) is 1. The summed E-state index contributed by atoms with van der Waals surface area (Å²) >= 11 is 0. The molecule has 2 rings (SSSR count). The summed E-state index contributed by atoms with van der Waals surface area (Å²) in [5.74, 6) is -4.48. The number of alkyl halides is 4. The number of esters is 1. The van der Waals surface area contributed by atoms with Crippen LogP contribution in [0, 0.1) is 0 Å². The van der Waals surface area contributed by atoms with Crippen LogP contribution in [-0.2, 0) is 28.3 Å². The molecule has 12 nitrogen and oxygen atoms in total. The highest BCUT2D eigenvalue weighted by Gasteiger charge is 2.63. The van der Waals surface area contributed by atoms with Crippen LogP contribution in [0.4, 0.5) is 17.6 Å². The molecule has 1 fully saturated rings. The van der Waals surface area contributed by atoms with Crippen molar-refractivity contribution in [2.75, 3.05) is 13.2 Å². The van der Waals surface area contributed by atoms with Crippen LogP contribution < -0.4 is 21.4 Å². The Morgan fingerprint density at radius 2 is 1.90 bits per heavy atom. The third-order valence-corrected chi connectivity index (χ3v) is 6.44. The highest BCUT2D eigenvalue weighted by Crippen LogP contribution is 2.50. The van der Waals surface area contributed by atoms with Crippen molar-refractivity contribution in [1.82, 2.24) is 19.7 Å². The molecule has 0 aromatic carbocycles. The van der Waals surface area contributed by atoms with E-state index in [9.17, 15) is 36.7 Å². The van der Waals surface area contributed by atoms with Gasteiger partial charge in [0.1, 0.15) is 6.04 Å². The van der Waals surface area contributed by atoms with Gasteiger partial charge < -0.3 is 18.7 Å². The number of hydrogen-bond acceptors (Lipinski definition) is 10. The van der Waals surface area contributed by atoms with Crippen molar-refractivity contribution in [3.8, 4) is 0 Å². The maximum atomic E-state index is 14.7. The number of aromatic nitrogens is 2. The number of aromatic amines is 1. The Labute approximate surface area is 223 Å². The fourth-order valence-electron chi connectivity index (χ4n) is 3.11. The summed E-state index contributed by atoms with van der Waals surface area (Å²) in [4.78, 5) is 46.3. The molecule has 0 spiro atoms. The molecule has 1 aliphatic rings. The Morgan fingerprint density at radius 1 is 1.26 bits per heavy atom. The van der Waals surface area contributed by atoms with Crippen LogP contribution >= 0.6 is 8.45 Å². The predicted molar refractivity (Wildman–Crippen MR) is 132 cm³/mol. The molecule has 4 atom stereocenters. The van der Waals surface area contributed by atoms with E-state index >= 15 is 0 Å². The van der Waals surface area contributed by atoms with Gasteiger partial charge in [0.05, 0.1) is 25.2 Å². The number of nitrogens with one attached hydrogen (secondary N) is 3. The normalized spacial score (nSPS) is 21.8. The van der Waals surface area contributed by atoms with Crippen LogP contribution in [0.25, 0.3) is 0 Å². The number of hydrogen-bond donors (Lipinski definition) is 3. The van der Waals surface area contributed by atoms with Crippen molar-refractivity contribution >= 4 is 20.9 Å². The molecule has 0 aliphatic carbocycles. The van der Waals surface area contributed by atoms with Gasteiger partial charge in [0.25, 0.3) is 24.4 Å². The van der Waals surface area contributed by atoms with Gasteiger partial charge in [-0.2, -0.15) is 0 Å². The summed E-state index contributed by atoms with van der Waals surface area (Å²) < 4.78 is 77.6. The number of halogens is 4. The van der Waals surface area contributed by atoms with Gasteiger partial charge in [-0.25, -0.2) is 27.4 Å². The lowest BCUT2D eigenvalue weighted by Gasteiger charge is -2.30. The molecule has 3 N–H and O–H groups in total. The average molecular weight is 591 g/mol. The number of carbonyl (C=O) groups is 2. The zero-order valence-electron chi connectivity index (χ0n) is 22.4. The molecule has 4 unspecified atom stereocenters. The van der Waals surface area contributed by atoms with Crippen LogP contribution in [-0.4, -0.2) is 71.3 Å². The van der Waals surface area contributed by atoms with E-state index in [4.69, 9.17) is 14.0 Å². The fourth-order valence-corrected chi connectivity index (χ4v) is 4.45. The fraction of sp³-hybridized carbons (Fsp3) is 0.727. The van der Waals surface area contributed by atoms with Gasteiger partial charge in [-0.05, 0) is 41.2 Å². The average Bonchev–Trinajstić information content (AvgIpc) is 3.09. The van der Waals surface area contributed by atoms with E-state index in [-0.39, 0.29) is 12.2 Å². The topological polar surface area (TPSA) is 150 Å². The summed E-state index contributed by atoms with van der Waals surface area (Å²) in [6.45, 7) is 9.88. The van der Waals surface area contributed by atoms with Crippen LogP contribution in [0.5, 0.6) is 0 Å². The lowest BCUT2D eigenvalue weighted by Crippen LogP contribution is -2.44. The first-order chi connectivity index (χ1) is 18.1. The maximum Gasteiger partial charge on any atom is 0.330 e. The minimum atomic E-state index is -3.87. The van der Waals surface area contributed by atoms with Gasteiger partial charge in [0.15, 0.2) is 14.1 Å². The summed E-state index contributed by atoms with van der Waals surface area (Å²) in [5.41, 5.74) is -4.82. The molecule has 0 bridgehead atoms. The Bertz CT molecular complexity index is 1040. The van der Waals surface area contributed by atoms with E-state index < -0.39 is 68.9 Å². The van der Waals surface area contributed by atoms with Gasteiger partial charge in [0, 0.05) is 12.3 Å². The Hall–Kier alpha value is -2.39. The first kappa shape index (κ1) is 34.6. The Morgan fingerprint density at radius 3 is 2.36 bits per heavy atom. The van der Waals surface area contributed by atoms with Gasteiger partial charge in [-0.1, -0.05) is 6.92 Å². The minimum absolute atomic E-state index is 0.0301. The third kappa shape index (κ3) is 10.6. The maximum absolute atomic E-state index is 14.7. The van der Waals surface area contributed by atoms with E-state index in [2.05, 4.69) is 14.9 Å². The van der Waals surface area contributed by atoms with Gasteiger partial charge in [0.2, 0.25) is 6.23 Å². The smallest absolute Gasteiger partial charge is 0.330 e.